The maximum Gasteiger partial charge on any atom is 0.220 e. The Labute approximate surface area is 345 Å². The molecule has 2 aliphatic rings. The average molecular weight is 824 g/mol. The fourth-order valence-electron chi connectivity index (χ4n) is 6.43. The Bertz CT molecular complexity index is 1250. The number of hydrogen-bond donors (Lipinski definition) is 9. The van der Waals surface area contributed by atoms with Crippen LogP contribution >= 0.6 is 0 Å². The highest BCUT2D eigenvalue weighted by Crippen LogP contribution is 2.30. The van der Waals surface area contributed by atoms with Gasteiger partial charge in [0, 0.05) is 6.42 Å². The number of rotatable bonds is 29. The number of carbonyl (C=O) groups excluding carboxylic acids is 1. The van der Waals surface area contributed by atoms with Gasteiger partial charge >= 0.3 is 0 Å². The third kappa shape index (κ3) is 19.7. The molecule has 0 spiro atoms. The van der Waals surface area contributed by atoms with E-state index in [0.717, 1.165) is 70.6 Å². The first-order chi connectivity index (χ1) is 28.1. The molecule has 0 radical (unpaired) electrons. The zero-order valence-corrected chi connectivity index (χ0v) is 34.5. The fraction of sp³-hybridized carbons (Fsp3) is 0.705. The van der Waals surface area contributed by atoms with E-state index in [1.54, 1.807) is 0 Å². The predicted octanol–water partition coefficient (Wildman–Crippen LogP) is 3.31. The number of unbranched alkanes of at least 4 members (excludes halogenated alkanes) is 4. The number of ether oxygens (including phenoxy) is 4. The van der Waals surface area contributed by atoms with Crippen LogP contribution in [0.3, 0.4) is 0 Å². The van der Waals surface area contributed by atoms with Crippen LogP contribution in [0.4, 0.5) is 0 Å². The highest BCUT2D eigenvalue weighted by atomic mass is 16.7. The Hall–Kier alpha value is -2.57. The molecule has 2 fully saturated rings. The van der Waals surface area contributed by atoms with Crippen LogP contribution in [0.15, 0.2) is 72.9 Å². The van der Waals surface area contributed by atoms with Crippen LogP contribution < -0.4 is 5.32 Å². The Balaban J connectivity index is 1.85. The Morgan fingerprint density at radius 1 is 0.638 bits per heavy atom. The van der Waals surface area contributed by atoms with Crippen LogP contribution in [-0.2, 0) is 23.7 Å². The lowest BCUT2D eigenvalue weighted by atomic mass is 9.97. The summed E-state index contributed by atoms with van der Waals surface area (Å²) in [6.45, 7) is 2.53. The quantitative estimate of drug-likeness (QED) is 0.0390. The average Bonchev–Trinajstić information content (AvgIpc) is 3.22. The van der Waals surface area contributed by atoms with Crippen molar-refractivity contribution in [1.82, 2.24) is 5.32 Å². The van der Waals surface area contributed by atoms with Crippen LogP contribution in [0.5, 0.6) is 0 Å². The molecular weight excluding hydrogens is 750 g/mol. The van der Waals surface area contributed by atoms with Crippen molar-refractivity contribution in [2.75, 3.05) is 19.8 Å². The van der Waals surface area contributed by atoms with Gasteiger partial charge in [0.25, 0.3) is 0 Å². The largest absolute Gasteiger partial charge is 0.394 e. The van der Waals surface area contributed by atoms with E-state index in [4.69, 9.17) is 18.9 Å². The molecule has 0 aromatic rings. The molecule has 332 valence electrons. The molecule has 0 aromatic heterocycles. The van der Waals surface area contributed by atoms with E-state index in [1.807, 2.05) is 12.2 Å². The topological polar surface area (TPSA) is 228 Å². The lowest BCUT2D eigenvalue weighted by molar-refractivity contribution is -0.359. The lowest BCUT2D eigenvalue weighted by Gasteiger charge is -2.46. The van der Waals surface area contributed by atoms with Gasteiger partial charge in [-0.1, -0.05) is 119 Å². The first-order valence-electron chi connectivity index (χ1n) is 21.2. The molecule has 9 N–H and O–H groups in total. The van der Waals surface area contributed by atoms with Gasteiger partial charge in [0.15, 0.2) is 12.6 Å². The van der Waals surface area contributed by atoms with Crippen molar-refractivity contribution >= 4 is 5.91 Å². The number of amides is 1. The number of aliphatic hydroxyl groups excluding tert-OH is 8. The van der Waals surface area contributed by atoms with Crippen LogP contribution in [0.1, 0.15) is 104 Å². The van der Waals surface area contributed by atoms with Crippen molar-refractivity contribution in [2.24, 2.45) is 0 Å². The number of allylic oxidation sites excluding steroid dienone is 12. The highest BCUT2D eigenvalue weighted by Gasteiger charge is 2.50. The maximum absolute atomic E-state index is 13.0. The van der Waals surface area contributed by atoms with Crippen LogP contribution in [0, 0.1) is 0 Å². The molecule has 2 rings (SSSR count). The molecule has 1 amide bonds. The van der Waals surface area contributed by atoms with Crippen LogP contribution in [-0.4, -0.2) is 140 Å². The summed E-state index contributed by atoms with van der Waals surface area (Å²) in [6, 6.07) is -0.868. The Morgan fingerprint density at radius 2 is 1.16 bits per heavy atom. The SMILES string of the molecule is CC/C=C\C/C=C\C/C=C\C/C=C\C/C=C\C/C=C\CCC(=O)NC(COC1OC(CO)C(OC2OC(CO)C(O)C(O)C2O)C(O)C1O)C(O)CCCCCCC. The van der Waals surface area contributed by atoms with Crippen molar-refractivity contribution in [3.8, 4) is 0 Å². The summed E-state index contributed by atoms with van der Waals surface area (Å²) in [5, 5.41) is 86.0. The van der Waals surface area contributed by atoms with Gasteiger partial charge in [0.2, 0.25) is 5.91 Å². The number of hydrogen-bond acceptors (Lipinski definition) is 13. The Morgan fingerprint density at radius 3 is 1.71 bits per heavy atom. The molecule has 58 heavy (non-hydrogen) atoms. The standard InChI is InChI=1S/C44H73NO13/c1-3-5-7-9-10-11-12-13-14-15-16-17-18-19-20-21-22-24-26-28-36(49)45-32(33(48)27-25-23-8-6-4-2)31-55-43-41(54)39(52)42(35(30-47)57-43)58-44-40(53)38(51)37(50)34(29-46)56-44/h5,7,10-11,13-14,16-17,19-20,22,24,32-35,37-44,46-48,50-54H,3-4,6,8-9,12,15,18,21,23,25-31H2,1-2H3,(H,45,49)/b7-5-,11-10-,14-13-,17-16-,20-19-,24-22-. The number of aliphatic hydroxyl groups is 8. The van der Waals surface area contributed by atoms with Gasteiger partial charge in [-0.05, 0) is 51.4 Å². The zero-order valence-electron chi connectivity index (χ0n) is 34.5. The van der Waals surface area contributed by atoms with E-state index < -0.39 is 86.8 Å². The zero-order chi connectivity index (χ0) is 42.5. The highest BCUT2D eigenvalue weighted by molar-refractivity contribution is 5.76. The second-order valence-corrected chi connectivity index (χ2v) is 14.7. The minimum atomic E-state index is -1.79. The summed E-state index contributed by atoms with van der Waals surface area (Å²) in [4.78, 5) is 13.0. The van der Waals surface area contributed by atoms with Crippen molar-refractivity contribution in [2.45, 2.75) is 177 Å². The van der Waals surface area contributed by atoms with E-state index in [-0.39, 0.29) is 18.9 Å². The van der Waals surface area contributed by atoms with E-state index >= 15 is 0 Å². The van der Waals surface area contributed by atoms with Gasteiger partial charge in [-0.3, -0.25) is 4.79 Å². The molecule has 2 saturated heterocycles. The molecule has 0 saturated carbocycles. The molecule has 0 aliphatic carbocycles. The minimum absolute atomic E-state index is 0.173. The van der Waals surface area contributed by atoms with Gasteiger partial charge in [-0.15, -0.1) is 0 Å². The molecule has 14 nitrogen and oxygen atoms in total. The molecule has 2 heterocycles. The van der Waals surface area contributed by atoms with E-state index in [0.29, 0.717) is 12.8 Å². The molecule has 0 bridgehead atoms. The smallest absolute Gasteiger partial charge is 0.220 e. The molecule has 14 heteroatoms. The monoisotopic (exact) mass is 824 g/mol. The van der Waals surface area contributed by atoms with E-state index in [9.17, 15) is 45.6 Å². The summed E-state index contributed by atoms with van der Waals surface area (Å²) in [7, 11) is 0. The lowest BCUT2D eigenvalue weighted by Crippen LogP contribution is -2.65. The van der Waals surface area contributed by atoms with Crippen LogP contribution in [0.2, 0.25) is 0 Å². The van der Waals surface area contributed by atoms with Gasteiger partial charge < -0.3 is 65.1 Å². The summed E-state index contributed by atoms with van der Waals surface area (Å²) in [6.07, 6.45) is 19.9. The van der Waals surface area contributed by atoms with Crippen molar-refractivity contribution in [1.29, 1.82) is 0 Å². The molecule has 12 atom stereocenters. The van der Waals surface area contributed by atoms with Crippen molar-refractivity contribution < 1.29 is 64.6 Å². The van der Waals surface area contributed by atoms with Gasteiger partial charge in [0.1, 0.15) is 48.8 Å². The fourth-order valence-corrected chi connectivity index (χ4v) is 6.43. The number of carbonyl (C=O) groups is 1. The summed E-state index contributed by atoms with van der Waals surface area (Å²) >= 11 is 0. The normalized spacial score (nSPS) is 29.6. The second kappa shape index (κ2) is 31.3. The predicted molar refractivity (Wildman–Crippen MR) is 221 cm³/mol. The third-order valence-corrected chi connectivity index (χ3v) is 9.95. The molecule has 12 unspecified atom stereocenters. The van der Waals surface area contributed by atoms with Crippen molar-refractivity contribution in [3.63, 3.8) is 0 Å². The molecule has 2 aliphatic heterocycles. The minimum Gasteiger partial charge on any atom is -0.394 e. The Kier molecular flexibility index (Phi) is 27.9. The third-order valence-electron chi connectivity index (χ3n) is 9.95. The molecule has 0 aromatic carbocycles. The first-order valence-corrected chi connectivity index (χ1v) is 21.2. The van der Waals surface area contributed by atoms with Gasteiger partial charge in [-0.2, -0.15) is 0 Å². The number of nitrogens with one attached hydrogen (secondary N) is 1. The maximum atomic E-state index is 13.0. The molecular formula is C44H73NO13. The second-order valence-electron chi connectivity index (χ2n) is 14.7. The van der Waals surface area contributed by atoms with Crippen molar-refractivity contribution in [3.05, 3.63) is 72.9 Å². The van der Waals surface area contributed by atoms with E-state index in [1.165, 1.54) is 0 Å². The van der Waals surface area contributed by atoms with Crippen LogP contribution in [0.25, 0.3) is 0 Å². The van der Waals surface area contributed by atoms with Gasteiger partial charge in [0.05, 0.1) is 32.0 Å². The van der Waals surface area contributed by atoms with Gasteiger partial charge in [-0.25, -0.2) is 0 Å². The van der Waals surface area contributed by atoms with E-state index in [2.05, 4.69) is 79.9 Å². The first kappa shape index (κ1) is 51.6. The summed E-state index contributed by atoms with van der Waals surface area (Å²) in [5.74, 6) is -0.301. The summed E-state index contributed by atoms with van der Waals surface area (Å²) in [5.41, 5.74) is 0. The summed E-state index contributed by atoms with van der Waals surface area (Å²) < 4.78 is 22.5.